The lowest BCUT2D eigenvalue weighted by Crippen LogP contribution is -2.55. The topological polar surface area (TPSA) is 60.7 Å². The van der Waals surface area contributed by atoms with Crippen molar-refractivity contribution in [2.75, 3.05) is 6.61 Å². The molecule has 3 fully saturated rings. The van der Waals surface area contributed by atoms with Crippen molar-refractivity contribution in [2.45, 2.75) is 90.8 Å². The normalized spacial score (nSPS) is 53.5. The molecule has 0 heterocycles. The molecule has 4 aliphatic carbocycles. The third-order valence-corrected chi connectivity index (χ3v) is 9.16. The fourth-order valence-corrected chi connectivity index (χ4v) is 7.85. The Labute approximate surface area is 158 Å². The maximum atomic E-state index is 10.5. The second-order valence-corrected chi connectivity index (χ2v) is 10.8. The van der Waals surface area contributed by atoms with E-state index in [1.54, 1.807) is 0 Å². The standard InChI is InChI=1S/C23H38O3/c1-21-8-6-18-20(19(21)12-17(26)14-21)22(2,7-4-10-24)13-15-11-16(25)5-9-23(15,18)3/h13,16-20,24-26H,4-12,14H2,1-3H3/t16-,17+,18?,19?,20?,21+,22?,23-/m0/s1. The lowest BCUT2D eigenvalue weighted by Gasteiger charge is -2.62. The van der Waals surface area contributed by atoms with Gasteiger partial charge in [0.25, 0.3) is 0 Å². The van der Waals surface area contributed by atoms with Gasteiger partial charge in [-0.1, -0.05) is 32.4 Å². The van der Waals surface area contributed by atoms with E-state index in [2.05, 4.69) is 26.8 Å². The van der Waals surface area contributed by atoms with Gasteiger partial charge >= 0.3 is 0 Å². The molecule has 0 radical (unpaired) electrons. The first kappa shape index (κ1) is 19.0. The summed E-state index contributed by atoms with van der Waals surface area (Å²) in [6, 6.07) is 0. The zero-order valence-corrected chi connectivity index (χ0v) is 16.9. The van der Waals surface area contributed by atoms with E-state index in [4.69, 9.17) is 0 Å². The molecule has 0 saturated heterocycles. The molecular formula is C23H38O3. The second kappa shape index (κ2) is 6.32. The predicted molar refractivity (Wildman–Crippen MR) is 104 cm³/mol. The van der Waals surface area contributed by atoms with Crippen LogP contribution < -0.4 is 0 Å². The molecule has 0 aromatic heterocycles. The van der Waals surface area contributed by atoms with Crippen LogP contribution in [0.3, 0.4) is 0 Å². The number of aliphatic hydroxyl groups is 3. The van der Waals surface area contributed by atoms with E-state index in [9.17, 15) is 15.3 Å². The van der Waals surface area contributed by atoms with Crippen LogP contribution in [0.15, 0.2) is 11.6 Å². The first-order valence-electron chi connectivity index (χ1n) is 10.9. The molecule has 0 spiro atoms. The van der Waals surface area contributed by atoms with Crippen LogP contribution in [0.4, 0.5) is 0 Å². The highest BCUT2D eigenvalue weighted by molar-refractivity contribution is 5.30. The molecule has 3 N–H and O–H groups in total. The molecule has 0 aromatic carbocycles. The molecule has 3 heteroatoms. The molecule has 148 valence electrons. The maximum Gasteiger partial charge on any atom is 0.0577 e. The van der Waals surface area contributed by atoms with Crippen LogP contribution in [0.25, 0.3) is 0 Å². The zero-order valence-electron chi connectivity index (χ0n) is 16.9. The number of rotatable bonds is 3. The lowest BCUT2D eigenvalue weighted by atomic mass is 9.42. The van der Waals surface area contributed by atoms with Crippen molar-refractivity contribution in [3.8, 4) is 0 Å². The molecule has 0 amide bonds. The third-order valence-electron chi connectivity index (χ3n) is 9.16. The second-order valence-electron chi connectivity index (χ2n) is 10.8. The average Bonchev–Trinajstić information content (AvgIpc) is 2.88. The van der Waals surface area contributed by atoms with Crippen molar-refractivity contribution in [1.29, 1.82) is 0 Å². The van der Waals surface area contributed by atoms with E-state index in [0.717, 1.165) is 44.9 Å². The minimum Gasteiger partial charge on any atom is -0.396 e. The van der Waals surface area contributed by atoms with Crippen LogP contribution in [0.5, 0.6) is 0 Å². The largest absolute Gasteiger partial charge is 0.396 e. The minimum atomic E-state index is -0.185. The Kier molecular flexibility index (Phi) is 4.61. The maximum absolute atomic E-state index is 10.5. The van der Waals surface area contributed by atoms with E-state index in [0.29, 0.717) is 17.8 Å². The van der Waals surface area contributed by atoms with Crippen LogP contribution in [-0.2, 0) is 0 Å². The summed E-state index contributed by atoms with van der Waals surface area (Å²) in [4.78, 5) is 0. The van der Waals surface area contributed by atoms with Crippen LogP contribution in [-0.4, -0.2) is 34.1 Å². The molecule has 26 heavy (non-hydrogen) atoms. The van der Waals surface area contributed by atoms with Gasteiger partial charge < -0.3 is 15.3 Å². The Morgan fingerprint density at radius 1 is 1.04 bits per heavy atom. The summed E-state index contributed by atoms with van der Waals surface area (Å²) < 4.78 is 0. The highest BCUT2D eigenvalue weighted by Crippen LogP contribution is 2.69. The minimum absolute atomic E-state index is 0.0791. The van der Waals surface area contributed by atoms with Crippen molar-refractivity contribution in [3.05, 3.63) is 11.6 Å². The Balaban J connectivity index is 1.79. The summed E-state index contributed by atoms with van der Waals surface area (Å²) in [7, 11) is 0. The van der Waals surface area contributed by atoms with E-state index in [-0.39, 0.29) is 35.1 Å². The van der Waals surface area contributed by atoms with Gasteiger partial charge in [0.2, 0.25) is 0 Å². The van der Waals surface area contributed by atoms with Gasteiger partial charge in [-0.3, -0.25) is 0 Å². The molecule has 0 bridgehead atoms. The van der Waals surface area contributed by atoms with Gasteiger partial charge in [-0.2, -0.15) is 0 Å². The fourth-order valence-electron chi connectivity index (χ4n) is 7.85. The van der Waals surface area contributed by atoms with Crippen molar-refractivity contribution >= 4 is 0 Å². The average molecular weight is 363 g/mol. The predicted octanol–water partition coefficient (Wildman–Crippen LogP) is 4.06. The molecule has 4 unspecified atom stereocenters. The third kappa shape index (κ3) is 2.72. The van der Waals surface area contributed by atoms with Crippen molar-refractivity contribution in [2.24, 2.45) is 34.0 Å². The van der Waals surface area contributed by atoms with E-state index in [1.165, 1.54) is 18.4 Å². The van der Waals surface area contributed by atoms with Gasteiger partial charge in [0.15, 0.2) is 0 Å². The Morgan fingerprint density at radius 2 is 1.81 bits per heavy atom. The molecule has 3 saturated carbocycles. The van der Waals surface area contributed by atoms with Gasteiger partial charge in [0.1, 0.15) is 0 Å². The molecule has 8 atom stereocenters. The van der Waals surface area contributed by atoms with Crippen molar-refractivity contribution in [1.82, 2.24) is 0 Å². The molecule has 4 rings (SSSR count). The summed E-state index contributed by atoms with van der Waals surface area (Å²) in [5.41, 5.74) is 2.06. The smallest absolute Gasteiger partial charge is 0.0577 e. The first-order chi connectivity index (χ1) is 12.2. The van der Waals surface area contributed by atoms with Gasteiger partial charge in [-0.25, -0.2) is 0 Å². The summed E-state index contributed by atoms with van der Waals surface area (Å²) in [6.45, 7) is 7.54. The quantitative estimate of drug-likeness (QED) is 0.664. The van der Waals surface area contributed by atoms with Gasteiger partial charge in [-0.15, -0.1) is 0 Å². The number of hydrogen-bond donors (Lipinski definition) is 3. The van der Waals surface area contributed by atoms with Gasteiger partial charge in [-0.05, 0) is 91.8 Å². The van der Waals surface area contributed by atoms with Crippen LogP contribution in [0.2, 0.25) is 0 Å². The number of hydrogen-bond acceptors (Lipinski definition) is 3. The highest BCUT2D eigenvalue weighted by Gasteiger charge is 2.62. The summed E-state index contributed by atoms with van der Waals surface area (Å²) in [5, 5.41) is 30.3. The van der Waals surface area contributed by atoms with Crippen molar-refractivity contribution < 1.29 is 15.3 Å². The van der Waals surface area contributed by atoms with E-state index < -0.39 is 0 Å². The number of fused-ring (bicyclic) bond motifs is 5. The highest BCUT2D eigenvalue weighted by atomic mass is 16.3. The molecular weight excluding hydrogens is 324 g/mol. The van der Waals surface area contributed by atoms with Gasteiger partial charge in [0.05, 0.1) is 12.2 Å². The molecule has 3 nitrogen and oxygen atoms in total. The SMILES string of the molecule is CC1(CCCO)C=C2C[C@@H](O)CC[C@]2(C)C2CC[C@]3(C)C[C@H](O)CC3C21. The number of aliphatic hydroxyl groups excluding tert-OH is 3. The Bertz CT molecular complexity index is 586. The Morgan fingerprint density at radius 3 is 2.54 bits per heavy atom. The first-order valence-corrected chi connectivity index (χ1v) is 10.9. The van der Waals surface area contributed by atoms with Crippen LogP contribution in [0, 0.1) is 34.0 Å². The van der Waals surface area contributed by atoms with Crippen LogP contribution >= 0.6 is 0 Å². The molecule has 0 aromatic rings. The monoisotopic (exact) mass is 362 g/mol. The zero-order chi connectivity index (χ0) is 18.7. The molecule has 0 aliphatic heterocycles. The van der Waals surface area contributed by atoms with Crippen LogP contribution in [0.1, 0.15) is 78.6 Å². The summed E-state index contributed by atoms with van der Waals surface area (Å²) >= 11 is 0. The molecule has 4 aliphatic rings. The fraction of sp³-hybridized carbons (Fsp3) is 0.913. The van der Waals surface area contributed by atoms with Gasteiger partial charge in [0, 0.05) is 6.61 Å². The Hall–Kier alpha value is -0.380. The van der Waals surface area contributed by atoms with Crippen molar-refractivity contribution in [3.63, 3.8) is 0 Å². The number of allylic oxidation sites excluding steroid dienone is 1. The summed E-state index contributed by atoms with van der Waals surface area (Å²) in [6.07, 6.45) is 11.3. The lowest BCUT2D eigenvalue weighted by molar-refractivity contribution is -0.0880. The summed E-state index contributed by atoms with van der Waals surface area (Å²) in [5.74, 6) is 1.83. The van der Waals surface area contributed by atoms with E-state index in [1.807, 2.05) is 0 Å². The van der Waals surface area contributed by atoms with E-state index >= 15 is 0 Å².